The van der Waals surface area contributed by atoms with Crippen LogP contribution in [0.1, 0.15) is 117 Å². The molecule has 0 radical (unpaired) electrons. The number of nitrogens with zero attached hydrogens (tertiary/aromatic N) is 1. The third-order valence-corrected chi connectivity index (χ3v) is 8.79. The minimum atomic E-state index is -3.42. The van der Waals surface area contributed by atoms with Crippen molar-refractivity contribution >= 4 is 30.3 Å². The number of hydrogen-bond acceptors (Lipinski definition) is 8. The monoisotopic (exact) mass is 636 g/mol. The Hall–Kier alpha value is -1.07. The zero-order valence-corrected chi connectivity index (χ0v) is 27.9. The molecule has 246 valence electrons. The van der Waals surface area contributed by atoms with Crippen LogP contribution in [0.5, 0.6) is 0 Å². The summed E-state index contributed by atoms with van der Waals surface area (Å²) in [6.07, 6.45) is 19.5. The summed E-state index contributed by atoms with van der Waals surface area (Å²) in [6.45, 7) is 2.50. The Morgan fingerprint density at radius 1 is 1.00 bits per heavy atom. The molecule has 1 fully saturated rings. The van der Waals surface area contributed by atoms with Crippen LogP contribution in [0.3, 0.4) is 0 Å². The summed E-state index contributed by atoms with van der Waals surface area (Å²) in [7, 11) is 0. The van der Waals surface area contributed by atoms with E-state index in [0.29, 0.717) is 12.8 Å². The lowest BCUT2D eigenvalue weighted by Crippen LogP contribution is -2.40. The normalized spacial score (nSPS) is 18.6. The number of likely N-dealkylation sites (tertiary alicyclic amines) is 1. The second kappa shape index (κ2) is 24.3. The van der Waals surface area contributed by atoms with E-state index in [1.165, 1.54) is 88.0 Å². The van der Waals surface area contributed by atoms with Gasteiger partial charge in [-0.3, -0.25) is 9.59 Å². The van der Waals surface area contributed by atoms with Crippen LogP contribution in [0.2, 0.25) is 0 Å². The molecular weight excluding hydrogens is 579 g/mol. The maximum Gasteiger partial charge on any atom is 0.325 e. The van der Waals surface area contributed by atoms with E-state index in [4.69, 9.17) is 30.3 Å². The number of amides is 2. The molecule has 1 saturated heterocycles. The lowest BCUT2D eigenvalue weighted by Gasteiger charge is -2.23. The molecule has 0 aliphatic carbocycles. The number of nitrogens with one attached hydrogen (secondary N) is 1. The highest BCUT2D eigenvalue weighted by atomic mass is 32.5. The molecular formula is C30H57N2O8PS. The van der Waals surface area contributed by atoms with Crippen LogP contribution in [0, 0.1) is 0 Å². The molecule has 0 aromatic rings. The molecule has 3 atom stereocenters. The Labute approximate surface area is 259 Å². The molecule has 0 spiro atoms. The van der Waals surface area contributed by atoms with Gasteiger partial charge in [-0.1, -0.05) is 84.0 Å². The molecule has 1 rings (SSSR count). The molecule has 3 N–H and O–H groups in total. The van der Waals surface area contributed by atoms with E-state index >= 15 is 0 Å². The minimum Gasteiger partial charge on any atom is -0.497 e. The summed E-state index contributed by atoms with van der Waals surface area (Å²) in [6, 6.07) is -0.442. The van der Waals surface area contributed by atoms with Gasteiger partial charge in [0.05, 0.1) is 37.7 Å². The van der Waals surface area contributed by atoms with Crippen molar-refractivity contribution in [2.24, 2.45) is 0 Å². The smallest absolute Gasteiger partial charge is 0.325 e. The average molecular weight is 637 g/mol. The number of carbonyl (C=O) groups is 2. The summed E-state index contributed by atoms with van der Waals surface area (Å²) >= 11 is 5.02. The minimum absolute atomic E-state index is 0.0292. The zero-order chi connectivity index (χ0) is 31.1. The fourth-order valence-electron chi connectivity index (χ4n) is 4.88. The van der Waals surface area contributed by atoms with Crippen molar-refractivity contribution in [3.63, 3.8) is 0 Å². The van der Waals surface area contributed by atoms with Gasteiger partial charge in [0.25, 0.3) is 0 Å². The number of aliphatic hydroxyl groups excluding tert-OH is 1. The Morgan fingerprint density at radius 2 is 1.60 bits per heavy atom. The molecule has 3 unspecified atom stereocenters. The van der Waals surface area contributed by atoms with Crippen LogP contribution in [0.25, 0.3) is 0 Å². The Balaban J connectivity index is 2.02. The van der Waals surface area contributed by atoms with Crippen LogP contribution in [-0.2, 0) is 39.9 Å². The van der Waals surface area contributed by atoms with Crippen LogP contribution in [0.4, 0.5) is 0 Å². The lowest BCUT2D eigenvalue weighted by atomic mass is 10.0. The molecule has 0 aromatic heterocycles. The van der Waals surface area contributed by atoms with Gasteiger partial charge in [0.15, 0.2) is 0 Å². The molecule has 1 heterocycles. The molecule has 12 heteroatoms. The molecule has 2 amide bonds. The summed E-state index contributed by atoms with van der Waals surface area (Å²) in [5.74, 6) is -0.328. The van der Waals surface area contributed by atoms with Crippen LogP contribution in [0.15, 0.2) is 12.5 Å². The molecule has 1 aliphatic heterocycles. The predicted octanol–water partition coefficient (Wildman–Crippen LogP) is 5.71. The number of ether oxygens (including phenoxy) is 2. The summed E-state index contributed by atoms with van der Waals surface area (Å²) < 4.78 is 21.5. The Bertz CT molecular complexity index is 801. The van der Waals surface area contributed by atoms with Crippen molar-refractivity contribution in [1.29, 1.82) is 0 Å². The van der Waals surface area contributed by atoms with Gasteiger partial charge >= 0.3 is 6.72 Å². The second-order valence-electron chi connectivity index (χ2n) is 11.3. The van der Waals surface area contributed by atoms with E-state index in [-0.39, 0.29) is 50.9 Å². The third kappa shape index (κ3) is 20.0. The van der Waals surface area contributed by atoms with Crippen LogP contribution >= 0.6 is 6.72 Å². The van der Waals surface area contributed by atoms with Gasteiger partial charge in [0.2, 0.25) is 11.8 Å². The molecule has 0 saturated carbocycles. The van der Waals surface area contributed by atoms with Gasteiger partial charge in [0.1, 0.15) is 13.2 Å². The van der Waals surface area contributed by atoms with Crippen molar-refractivity contribution in [3.8, 4) is 0 Å². The number of hydrogen-bond donors (Lipinski definition) is 3. The quantitative estimate of drug-likeness (QED) is 0.0622. The van der Waals surface area contributed by atoms with E-state index in [1.807, 2.05) is 0 Å². The van der Waals surface area contributed by atoms with Crippen LogP contribution in [-0.4, -0.2) is 77.9 Å². The second-order valence-corrected chi connectivity index (χ2v) is 14.0. The largest absolute Gasteiger partial charge is 0.497 e. The maximum atomic E-state index is 12.6. The Morgan fingerprint density at radius 3 is 2.17 bits per heavy atom. The molecule has 0 aromatic carbocycles. The van der Waals surface area contributed by atoms with E-state index in [1.54, 1.807) is 13.8 Å². The van der Waals surface area contributed by atoms with Gasteiger partial charge in [-0.15, -0.1) is 0 Å². The Kier molecular flexibility index (Phi) is 22.5. The van der Waals surface area contributed by atoms with Crippen molar-refractivity contribution in [1.82, 2.24) is 10.2 Å². The predicted molar refractivity (Wildman–Crippen MR) is 169 cm³/mol. The van der Waals surface area contributed by atoms with Crippen molar-refractivity contribution in [2.45, 2.75) is 135 Å². The van der Waals surface area contributed by atoms with Crippen molar-refractivity contribution in [3.05, 3.63) is 12.5 Å². The zero-order valence-electron chi connectivity index (χ0n) is 26.2. The summed E-state index contributed by atoms with van der Waals surface area (Å²) in [5.41, 5.74) is 0. The number of unbranched alkanes of at least 4 members (excludes halogenated alkanes) is 12. The highest BCUT2D eigenvalue weighted by Gasteiger charge is 2.38. The highest BCUT2D eigenvalue weighted by Crippen LogP contribution is 2.47. The summed E-state index contributed by atoms with van der Waals surface area (Å²) in [4.78, 5) is 36.2. The topological polar surface area (TPSA) is 127 Å². The van der Waals surface area contributed by atoms with Gasteiger partial charge in [-0.2, -0.15) is 0 Å². The third-order valence-electron chi connectivity index (χ3n) is 7.02. The molecule has 10 nitrogen and oxygen atoms in total. The van der Waals surface area contributed by atoms with Gasteiger partial charge in [-0.05, 0) is 38.5 Å². The average Bonchev–Trinajstić information content (AvgIpc) is 3.33. The van der Waals surface area contributed by atoms with Gasteiger partial charge in [0, 0.05) is 19.2 Å². The van der Waals surface area contributed by atoms with E-state index in [9.17, 15) is 19.6 Å². The van der Waals surface area contributed by atoms with E-state index in [0.717, 1.165) is 12.8 Å². The first kappa shape index (κ1) is 39.0. The maximum absolute atomic E-state index is 12.6. The lowest BCUT2D eigenvalue weighted by molar-refractivity contribution is -0.138. The fourth-order valence-corrected chi connectivity index (χ4v) is 6.87. The standard InChI is InChI=1S/C30H57N2O8PS/c1-4-5-6-7-8-9-10-11-12-13-14-15-16-17-29(34)31-18-19-37-20-21-38-25-30(35)32-23-28(22-27(32)24-33)40-41(36,42)39-26(2)3/h18-19,26-28,33H,4-17,20-25H2,1-3H3,(H,31,34)(H,36,42)/b19-18-. The highest BCUT2D eigenvalue weighted by molar-refractivity contribution is 8.07. The number of aliphatic hydroxyl groups is 1. The molecule has 0 bridgehead atoms. The fraction of sp³-hybridized carbons (Fsp3) is 0.867. The molecule has 42 heavy (non-hydrogen) atoms. The van der Waals surface area contributed by atoms with E-state index < -0.39 is 18.9 Å². The van der Waals surface area contributed by atoms with E-state index in [2.05, 4.69) is 12.2 Å². The summed E-state index contributed by atoms with van der Waals surface area (Å²) in [5, 5.41) is 12.4. The first-order valence-electron chi connectivity index (χ1n) is 15.9. The van der Waals surface area contributed by atoms with Gasteiger partial charge < -0.3 is 38.7 Å². The van der Waals surface area contributed by atoms with Crippen molar-refractivity contribution < 1.29 is 38.1 Å². The number of carbonyl (C=O) groups excluding carboxylic acids is 2. The number of rotatable bonds is 26. The van der Waals surface area contributed by atoms with Crippen molar-refractivity contribution in [2.75, 3.05) is 33.0 Å². The first-order chi connectivity index (χ1) is 20.2. The SMILES string of the molecule is CCCCCCCCCCCCCCCC(=O)N/C=C\OCCOCC(=O)N1CC(OP(O)(=S)OC(C)C)CC1CO. The van der Waals surface area contributed by atoms with Gasteiger partial charge in [-0.25, -0.2) is 0 Å². The molecule has 1 aliphatic rings. The first-order valence-corrected chi connectivity index (χ1v) is 18.5. The van der Waals surface area contributed by atoms with Crippen LogP contribution < -0.4 is 5.32 Å².